The van der Waals surface area contributed by atoms with Gasteiger partial charge in [0, 0.05) is 12.1 Å². The SMILES string of the molecule is O=C(Cn1c(COc2ccccc2)nc2ccccc21)NCc1ccccc1F. The summed E-state index contributed by atoms with van der Waals surface area (Å²) in [6.07, 6.45) is 0. The maximum atomic E-state index is 13.8. The van der Waals surface area contributed by atoms with Crippen molar-refractivity contribution in [2.75, 3.05) is 0 Å². The van der Waals surface area contributed by atoms with E-state index in [4.69, 9.17) is 4.74 Å². The van der Waals surface area contributed by atoms with Crippen LogP contribution in [-0.2, 0) is 24.5 Å². The quantitative estimate of drug-likeness (QED) is 0.518. The maximum Gasteiger partial charge on any atom is 0.240 e. The van der Waals surface area contributed by atoms with Gasteiger partial charge in [-0.3, -0.25) is 4.79 Å². The first-order chi connectivity index (χ1) is 14.2. The van der Waals surface area contributed by atoms with Gasteiger partial charge in [-0.25, -0.2) is 9.37 Å². The molecule has 5 nitrogen and oxygen atoms in total. The highest BCUT2D eigenvalue weighted by Gasteiger charge is 2.14. The van der Waals surface area contributed by atoms with E-state index in [-0.39, 0.29) is 31.4 Å². The topological polar surface area (TPSA) is 56.2 Å². The monoisotopic (exact) mass is 389 g/mol. The second kappa shape index (κ2) is 8.56. The largest absolute Gasteiger partial charge is 0.486 e. The Morgan fingerprint density at radius 1 is 0.966 bits per heavy atom. The van der Waals surface area contributed by atoms with E-state index in [1.165, 1.54) is 6.07 Å². The van der Waals surface area contributed by atoms with Crippen LogP contribution >= 0.6 is 0 Å². The van der Waals surface area contributed by atoms with Gasteiger partial charge in [0.05, 0.1) is 11.0 Å². The van der Waals surface area contributed by atoms with Gasteiger partial charge in [0.15, 0.2) is 0 Å². The smallest absolute Gasteiger partial charge is 0.240 e. The lowest BCUT2D eigenvalue weighted by molar-refractivity contribution is -0.121. The number of imidazole rings is 1. The molecule has 29 heavy (non-hydrogen) atoms. The first-order valence-electron chi connectivity index (χ1n) is 9.33. The normalized spacial score (nSPS) is 10.8. The van der Waals surface area contributed by atoms with Crippen LogP contribution in [0.1, 0.15) is 11.4 Å². The van der Waals surface area contributed by atoms with Gasteiger partial charge in [-0.1, -0.05) is 48.5 Å². The zero-order valence-electron chi connectivity index (χ0n) is 15.7. The van der Waals surface area contributed by atoms with Crippen molar-refractivity contribution in [3.63, 3.8) is 0 Å². The highest BCUT2D eigenvalue weighted by atomic mass is 19.1. The number of nitrogens with one attached hydrogen (secondary N) is 1. The average molecular weight is 389 g/mol. The Labute approximate surface area is 167 Å². The summed E-state index contributed by atoms with van der Waals surface area (Å²) in [5, 5.41) is 2.78. The highest BCUT2D eigenvalue weighted by Crippen LogP contribution is 2.18. The van der Waals surface area contributed by atoms with E-state index in [0.29, 0.717) is 11.4 Å². The number of ether oxygens (including phenoxy) is 1. The zero-order chi connectivity index (χ0) is 20.1. The number of fused-ring (bicyclic) bond motifs is 1. The summed E-state index contributed by atoms with van der Waals surface area (Å²) in [5.74, 6) is 0.821. The minimum absolute atomic E-state index is 0.0719. The fraction of sp³-hybridized carbons (Fsp3) is 0.130. The molecule has 0 fully saturated rings. The third-order valence-corrected chi connectivity index (χ3v) is 4.58. The molecule has 0 aliphatic carbocycles. The molecule has 1 heterocycles. The number of rotatable bonds is 7. The second-order valence-corrected chi connectivity index (χ2v) is 6.57. The summed E-state index contributed by atoms with van der Waals surface area (Å²) < 4.78 is 21.4. The summed E-state index contributed by atoms with van der Waals surface area (Å²) in [6, 6.07) is 23.5. The van der Waals surface area contributed by atoms with Gasteiger partial charge in [0.2, 0.25) is 5.91 Å². The Hall–Kier alpha value is -3.67. The van der Waals surface area contributed by atoms with Crippen LogP contribution in [0.2, 0.25) is 0 Å². The third-order valence-electron chi connectivity index (χ3n) is 4.58. The van der Waals surface area contributed by atoms with E-state index in [2.05, 4.69) is 10.3 Å². The van der Waals surface area contributed by atoms with Gasteiger partial charge in [-0.2, -0.15) is 0 Å². The van der Waals surface area contributed by atoms with E-state index in [0.717, 1.165) is 16.8 Å². The number of hydrogen-bond acceptors (Lipinski definition) is 3. The summed E-state index contributed by atoms with van der Waals surface area (Å²) in [7, 11) is 0. The van der Waals surface area contributed by atoms with E-state index < -0.39 is 0 Å². The number of amides is 1. The molecule has 1 aromatic heterocycles. The van der Waals surface area contributed by atoms with Gasteiger partial charge >= 0.3 is 0 Å². The predicted molar refractivity (Wildman–Crippen MR) is 109 cm³/mol. The van der Waals surface area contributed by atoms with Crippen molar-refractivity contribution in [2.24, 2.45) is 0 Å². The van der Waals surface area contributed by atoms with Gasteiger partial charge in [-0.15, -0.1) is 0 Å². The molecule has 0 unspecified atom stereocenters. The molecule has 6 heteroatoms. The second-order valence-electron chi connectivity index (χ2n) is 6.57. The lowest BCUT2D eigenvalue weighted by atomic mass is 10.2. The predicted octanol–water partition coefficient (Wildman–Crippen LogP) is 4.07. The first kappa shape index (κ1) is 18.7. The van der Waals surface area contributed by atoms with Crippen LogP contribution in [0.5, 0.6) is 5.75 Å². The Bertz CT molecular complexity index is 1130. The maximum absolute atomic E-state index is 13.8. The molecule has 0 aliphatic rings. The Morgan fingerprint density at radius 3 is 2.52 bits per heavy atom. The minimum Gasteiger partial charge on any atom is -0.486 e. The van der Waals surface area contributed by atoms with Crippen LogP contribution in [0.15, 0.2) is 78.9 Å². The highest BCUT2D eigenvalue weighted by molar-refractivity contribution is 5.81. The molecule has 4 rings (SSSR count). The van der Waals surface area contributed by atoms with Crippen molar-refractivity contribution in [3.05, 3.63) is 96.1 Å². The Balaban J connectivity index is 1.50. The van der Waals surface area contributed by atoms with Crippen molar-refractivity contribution in [1.82, 2.24) is 14.9 Å². The molecule has 4 aromatic rings. The molecule has 0 aliphatic heterocycles. The Morgan fingerprint density at radius 2 is 1.69 bits per heavy atom. The molecule has 0 atom stereocenters. The molecule has 146 valence electrons. The number of carbonyl (C=O) groups is 1. The number of nitrogens with zero attached hydrogens (tertiary/aromatic N) is 2. The van der Waals surface area contributed by atoms with E-state index in [1.54, 1.807) is 18.2 Å². The molecule has 0 radical (unpaired) electrons. The molecule has 3 aromatic carbocycles. The van der Waals surface area contributed by atoms with E-state index in [9.17, 15) is 9.18 Å². The van der Waals surface area contributed by atoms with E-state index >= 15 is 0 Å². The molecular weight excluding hydrogens is 369 g/mol. The van der Waals surface area contributed by atoms with Crippen molar-refractivity contribution >= 4 is 16.9 Å². The number of aromatic nitrogens is 2. The average Bonchev–Trinajstić information content (AvgIpc) is 3.10. The van der Waals surface area contributed by atoms with Gasteiger partial charge in [0.25, 0.3) is 0 Å². The molecule has 0 spiro atoms. The zero-order valence-corrected chi connectivity index (χ0v) is 15.7. The van der Waals surface area contributed by atoms with E-state index in [1.807, 2.05) is 59.2 Å². The Kier molecular flexibility index (Phi) is 5.52. The minimum atomic E-state index is -0.335. The lowest BCUT2D eigenvalue weighted by Gasteiger charge is -2.11. The fourth-order valence-corrected chi connectivity index (χ4v) is 3.11. The van der Waals surface area contributed by atoms with Crippen LogP contribution in [0.4, 0.5) is 4.39 Å². The molecule has 1 N–H and O–H groups in total. The number of hydrogen-bond donors (Lipinski definition) is 1. The van der Waals surface area contributed by atoms with Crippen LogP contribution in [0.3, 0.4) is 0 Å². The summed E-state index contributed by atoms with van der Waals surface area (Å²) >= 11 is 0. The van der Waals surface area contributed by atoms with Crippen LogP contribution in [-0.4, -0.2) is 15.5 Å². The van der Waals surface area contributed by atoms with Crippen LogP contribution in [0, 0.1) is 5.82 Å². The third kappa shape index (κ3) is 4.43. The van der Waals surface area contributed by atoms with Crippen molar-refractivity contribution in [1.29, 1.82) is 0 Å². The standard InChI is InChI=1S/C23H20FN3O2/c24-19-11-5-4-8-17(19)14-25-23(28)15-27-21-13-7-6-12-20(21)26-22(27)16-29-18-9-2-1-3-10-18/h1-13H,14-16H2,(H,25,28). The van der Waals surface area contributed by atoms with Crippen molar-refractivity contribution in [2.45, 2.75) is 19.7 Å². The van der Waals surface area contributed by atoms with Gasteiger partial charge < -0.3 is 14.6 Å². The molecule has 1 amide bonds. The fourth-order valence-electron chi connectivity index (χ4n) is 3.11. The summed E-state index contributed by atoms with van der Waals surface area (Å²) in [5.41, 5.74) is 2.09. The summed E-state index contributed by atoms with van der Waals surface area (Å²) in [6.45, 7) is 0.440. The lowest BCUT2D eigenvalue weighted by Crippen LogP contribution is -2.28. The van der Waals surface area contributed by atoms with Crippen LogP contribution < -0.4 is 10.1 Å². The molecule has 0 saturated heterocycles. The number of para-hydroxylation sites is 3. The van der Waals surface area contributed by atoms with Gasteiger partial charge in [0.1, 0.15) is 30.5 Å². The van der Waals surface area contributed by atoms with Crippen molar-refractivity contribution < 1.29 is 13.9 Å². The molecular formula is C23H20FN3O2. The molecule has 0 saturated carbocycles. The molecule has 0 bridgehead atoms. The number of benzene rings is 3. The van der Waals surface area contributed by atoms with Crippen LogP contribution in [0.25, 0.3) is 11.0 Å². The van der Waals surface area contributed by atoms with Crippen molar-refractivity contribution in [3.8, 4) is 5.75 Å². The number of halogens is 1. The van der Waals surface area contributed by atoms with Gasteiger partial charge in [-0.05, 0) is 30.3 Å². The summed E-state index contributed by atoms with van der Waals surface area (Å²) in [4.78, 5) is 17.2. The number of carbonyl (C=O) groups excluding carboxylic acids is 1. The first-order valence-corrected chi connectivity index (χ1v) is 9.33.